The highest BCUT2D eigenvalue weighted by Crippen LogP contribution is 2.48. The summed E-state index contributed by atoms with van der Waals surface area (Å²) in [5, 5.41) is 0. The predicted molar refractivity (Wildman–Crippen MR) is 92.8 cm³/mol. The van der Waals surface area contributed by atoms with Crippen molar-refractivity contribution >= 4 is 12.3 Å². The molecule has 3 rings (SSSR count). The van der Waals surface area contributed by atoms with Gasteiger partial charge in [-0.05, 0) is 63.2 Å². The summed E-state index contributed by atoms with van der Waals surface area (Å²) in [5.74, 6) is 0.698. The Morgan fingerprint density at radius 3 is 2.96 bits per heavy atom. The van der Waals surface area contributed by atoms with E-state index in [0.29, 0.717) is 18.3 Å². The van der Waals surface area contributed by atoms with Gasteiger partial charge in [0.05, 0.1) is 13.2 Å². The Morgan fingerprint density at radius 1 is 1.36 bits per heavy atom. The molecule has 2 fully saturated rings. The lowest BCUT2D eigenvalue weighted by Crippen LogP contribution is -2.32. The fraction of sp³-hybridized carbons (Fsp3) is 0.800. The number of fused-ring (bicyclic) bond motifs is 1. The summed E-state index contributed by atoms with van der Waals surface area (Å²) in [7, 11) is 1.43. The maximum Gasteiger partial charge on any atom is 0.305 e. The number of unbranched alkanes of at least 4 members (excludes halogenated alkanes) is 1. The third-order valence-corrected chi connectivity index (χ3v) is 5.90. The standard InChI is InChI=1S/C20H30O5/c1-23-19(22)7-3-2-6-14-10-15-12-18(17(13-21)16(15)11-14)25-20-8-4-5-9-24-20/h10,13,15-18,20H,2-9,11-12H2,1H3. The number of carbonyl (C=O) groups excluding carboxylic acids is 2. The van der Waals surface area contributed by atoms with Gasteiger partial charge < -0.3 is 19.0 Å². The number of methoxy groups -OCH3 is 1. The Labute approximate surface area is 150 Å². The molecule has 140 valence electrons. The number of hydrogen-bond acceptors (Lipinski definition) is 5. The third-order valence-electron chi connectivity index (χ3n) is 5.90. The van der Waals surface area contributed by atoms with E-state index >= 15 is 0 Å². The first-order valence-corrected chi connectivity index (χ1v) is 9.70. The Hall–Kier alpha value is -1.20. The summed E-state index contributed by atoms with van der Waals surface area (Å²) in [6.07, 6.45) is 11.9. The Bertz CT molecular complexity index is 494. The minimum Gasteiger partial charge on any atom is -0.469 e. The Kier molecular flexibility index (Phi) is 6.65. The zero-order valence-electron chi connectivity index (χ0n) is 15.2. The van der Waals surface area contributed by atoms with Crippen LogP contribution in [0, 0.1) is 17.8 Å². The lowest BCUT2D eigenvalue weighted by molar-refractivity contribution is -0.194. The molecular formula is C20H30O5. The average Bonchev–Trinajstić information content (AvgIpc) is 3.16. The van der Waals surface area contributed by atoms with Gasteiger partial charge >= 0.3 is 5.97 Å². The molecule has 5 heteroatoms. The molecule has 0 spiro atoms. The second-order valence-electron chi connectivity index (χ2n) is 7.56. The predicted octanol–water partition coefficient (Wildman–Crippen LogP) is 3.41. The number of aldehydes is 1. The molecular weight excluding hydrogens is 320 g/mol. The molecule has 3 aliphatic rings. The summed E-state index contributed by atoms with van der Waals surface area (Å²) in [6.45, 7) is 0.769. The van der Waals surface area contributed by atoms with Gasteiger partial charge in [0.2, 0.25) is 0 Å². The average molecular weight is 350 g/mol. The highest BCUT2D eigenvalue weighted by atomic mass is 16.7. The van der Waals surface area contributed by atoms with Crippen molar-refractivity contribution in [1.29, 1.82) is 0 Å². The molecule has 0 aromatic carbocycles. The zero-order valence-corrected chi connectivity index (χ0v) is 15.2. The van der Waals surface area contributed by atoms with Crippen LogP contribution in [0.15, 0.2) is 11.6 Å². The number of rotatable bonds is 8. The van der Waals surface area contributed by atoms with Crippen molar-refractivity contribution < 1.29 is 23.8 Å². The van der Waals surface area contributed by atoms with Crippen LogP contribution in [-0.2, 0) is 23.8 Å². The first-order chi connectivity index (χ1) is 12.2. The first kappa shape index (κ1) is 18.6. The molecule has 1 saturated heterocycles. The van der Waals surface area contributed by atoms with E-state index in [1.165, 1.54) is 12.7 Å². The maximum atomic E-state index is 11.7. The van der Waals surface area contributed by atoms with Gasteiger partial charge in [0.25, 0.3) is 0 Å². The van der Waals surface area contributed by atoms with Gasteiger partial charge in [-0.2, -0.15) is 0 Å². The number of esters is 1. The molecule has 25 heavy (non-hydrogen) atoms. The van der Waals surface area contributed by atoms with Crippen molar-refractivity contribution in [2.75, 3.05) is 13.7 Å². The zero-order chi connectivity index (χ0) is 17.6. The molecule has 1 aliphatic heterocycles. The highest BCUT2D eigenvalue weighted by molar-refractivity contribution is 5.68. The summed E-state index contributed by atoms with van der Waals surface area (Å²) in [6, 6.07) is 0. The molecule has 0 amide bonds. The van der Waals surface area contributed by atoms with Crippen molar-refractivity contribution in [3.05, 3.63) is 11.6 Å². The molecule has 0 radical (unpaired) electrons. The van der Waals surface area contributed by atoms with Gasteiger partial charge in [-0.3, -0.25) is 4.79 Å². The monoisotopic (exact) mass is 350 g/mol. The number of carbonyl (C=O) groups is 2. The quantitative estimate of drug-likeness (QED) is 0.290. The van der Waals surface area contributed by atoms with E-state index < -0.39 is 0 Å². The van der Waals surface area contributed by atoms with Crippen LogP contribution in [0.2, 0.25) is 0 Å². The molecule has 1 heterocycles. The maximum absolute atomic E-state index is 11.7. The van der Waals surface area contributed by atoms with Gasteiger partial charge in [-0.15, -0.1) is 0 Å². The topological polar surface area (TPSA) is 61.8 Å². The lowest BCUT2D eigenvalue weighted by Gasteiger charge is -2.28. The van der Waals surface area contributed by atoms with E-state index in [4.69, 9.17) is 9.47 Å². The van der Waals surface area contributed by atoms with Crippen molar-refractivity contribution in [3.63, 3.8) is 0 Å². The van der Waals surface area contributed by atoms with E-state index in [9.17, 15) is 9.59 Å². The van der Waals surface area contributed by atoms with E-state index in [-0.39, 0.29) is 24.3 Å². The SMILES string of the molecule is COC(=O)CCCCC1=CC2CC(OC3CCCCO3)C(C=O)C2C1. The molecule has 0 N–H and O–H groups in total. The van der Waals surface area contributed by atoms with Crippen molar-refractivity contribution in [1.82, 2.24) is 0 Å². The van der Waals surface area contributed by atoms with Gasteiger partial charge in [-0.1, -0.05) is 11.6 Å². The van der Waals surface area contributed by atoms with Crippen molar-refractivity contribution in [2.45, 2.75) is 70.2 Å². The number of ether oxygens (including phenoxy) is 3. The lowest BCUT2D eigenvalue weighted by atomic mass is 9.90. The first-order valence-electron chi connectivity index (χ1n) is 9.70. The van der Waals surface area contributed by atoms with Crippen LogP contribution in [0.25, 0.3) is 0 Å². The van der Waals surface area contributed by atoms with Crippen LogP contribution in [0.1, 0.15) is 57.8 Å². The molecule has 0 aromatic heterocycles. The molecule has 2 aliphatic carbocycles. The fourth-order valence-electron chi connectivity index (χ4n) is 4.57. The molecule has 0 bridgehead atoms. The van der Waals surface area contributed by atoms with Gasteiger partial charge in [0, 0.05) is 18.9 Å². The number of hydrogen-bond donors (Lipinski definition) is 0. The third kappa shape index (κ3) is 4.70. The van der Waals surface area contributed by atoms with E-state index in [1.807, 2.05) is 0 Å². The number of allylic oxidation sites excluding steroid dienone is 2. The molecule has 1 saturated carbocycles. The second kappa shape index (κ2) is 8.95. The normalized spacial score (nSPS) is 34.4. The van der Waals surface area contributed by atoms with Gasteiger partial charge in [0.15, 0.2) is 6.29 Å². The van der Waals surface area contributed by atoms with Crippen LogP contribution in [0.3, 0.4) is 0 Å². The van der Waals surface area contributed by atoms with E-state index in [1.54, 1.807) is 0 Å². The second-order valence-corrected chi connectivity index (χ2v) is 7.56. The minimum absolute atomic E-state index is 0.00715. The van der Waals surface area contributed by atoms with Crippen LogP contribution in [-0.4, -0.2) is 38.4 Å². The van der Waals surface area contributed by atoms with Crippen LogP contribution >= 0.6 is 0 Å². The van der Waals surface area contributed by atoms with E-state index in [0.717, 1.165) is 64.3 Å². The Morgan fingerprint density at radius 2 is 2.24 bits per heavy atom. The van der Waals surface area contributed by atoms with Crippen molar-refractivity contribution in [2.24, 2.45) is 17.8 Å². The molecule has 5 unspecified atom stereocenters. The summed E-state index contributed by atoms with van der Waals surface area (Å²) >= 11 is 0. The fourth-order valence-corrected chi connectivity index (χ4v) is 4.57. The van der Waals surface area contributed by atoms with Crippen LogP contribution in [0.4, 0.5) is 0 Å². The molecule has 5 nitrogen and oxygen atoms in total. The van der Waals surface area contributed by atoms with Crippen LogP contribution in [0.5, 0.6) is 0 Å². The summed E-state index contributed by atoms with van der Waals surface area (Å²) < 4.78 is 16.5. The Balaban J connectivity index is 1.46. The molecule has 5 atom stereocenters. The van der Waals surface area contributed by atoms with E-state index in [2.05, 4.69) is 10.8 Å². The summed E-state index contributed by atoms with van der Waals surface area (Å²) in [5.41, 5.74) is 1.44. The highest BCUT2D eigenvalue weighted by Gasteiger charge is 2.46. The van der Waals surface area contributed by atoms with Gasteiger partial charge in [-0.25, -0.2) is 0 Å². The summed E-state index contributed by atoms with van der Waals surface area (Å²) in [4.78, 5) is 22.8. The minimum atomic E-state index is -0.136. The smallest absolute Gasteiger partial charge is 0.305 e. The molecule has 0 aromatic rings. The van der Waals surface area contributed by atoms with Gasteiger partial charge in [0.1, 0.15) is 6.29 Å². The largest absolute Gasteiger partial charge is 0.469 e. The van der Waals surface area contributed by atoms with Crippen molar-refractivity contribution in [3.8, 4) is 0 Å². The van der Waals surface area contributed by atoms with Crippen LogP contribution < -0.4 is 0 Å².